The summed E-state index contributed by atoms with van der Waals surface area (Å²) in [5, 5.41) is 2.83. The Morgan fingerprint density at radius 1 is 1.21 bits per heavy atom. The van der Waals surface area contributed by atoms with Crippen molar-refractivity contribution in [3.63, 3.8) is 0 Å². The van der Waals surface area contributed by atoms with Crippen LogP contribution in [0.1, 0.15) is 48.5 Å². The maximum absolute atomic E-state index is 12.9. The lowest BCUT2D eigenvalue weighted by Crippen LogP contribution is -2.46. The van der Waals surface area contributed by atoms with Crippen molar-refractivity contribution in [1.82, 2.24) is 5.32 Å². The van der Waals surface area contributed by atoms with Crippen molar-refractivity contribution in [2.45, 2.75) is 38.7 Å². The van der Waals surface area contributed by atoms with Crippen LogP contribution < -0.4 is 19.7 Å². The minimum Gasteiger partial charge on any atom is -0.485 e. The number of anilines is 1. The molecule has 8 nitrogen and oxygen atoms in total. The average Bonchev–Trinajstić information content (AvgIpc) is 3.36. The molecule has 0 bridgehead atoms. The number of Topliss-reactive ketones (excluding diaryl/α,β-unsaturated/α-hetero) is 1. The highest BCUT2D eigenvalue weighted by Crippen LogP contribution is 2.33. The molecule has 1 N–H and O–H groups in total. The Bertz CT molecular complexity index is 1060. The Labute approximate surface area is 199 Å². The number of fused-ring (bicyclic) bond motifs is 1. The zero-order valence-electron chi connectivity index (χ0n) is 19.5. The van der Waals surface area contributed by atoms with Gasteiger partial charge in [0, 0.05) is 18.7 Å². The Kier molecular flexibility index (Phi) is 7.47. The van der Waals surface area contributed by atoms with E-state index in [9.17, 15) is 14.4 Å². The third-order valence-corrected chi connectivity index (χ3v) is 5.98. The number of carbonyl (C=O) groups is 3. The van der Waals surface area contributed by atoms with Crippen molar-refractivity contribution in [2.24, 2.45) is 0 Å². The second-order valence-corrected chi connectivity index (χ2v) is 8.79. The van der Waals surface area contributed by atoms with Crippen LogP contribution >= 0.6 is 0 Å². The van der Waals surface area contributed by atoms with Crippen molar-refractivity contribution >= 4 is 23.3 Å². The van der Waals surface area contributed by atoms with E-state index in [-0.39, 0.29) is 49.4 Å². The Morgan fingerprint density at radius 2 is 2.03 bits per heavy atom. The molecule has 34 heavy (non-hydrogen) atoms. The van der Waals surface area contributed by atoms with Crippen LogP contribution in [0.25, 0.3) is 0 Å². The van der Waals surface area contributed by atoms with Gasteiger partial charge < -0.3 is 19.5 Å². The topological polar surface area (TPSA) is 94.2 Å². The normalized spacial score (nSPS) is 17.3. The lowest BCUT2D eigenvalue weighted by atomic mass is 10.0. The average molecular weight is 467 g/mol. The summed E-state index contributed by atoms with van der Waals surface area (Å²) in [6.07, 6.45) is 1.91. The number of para-hydroxylation sites is 1. The molecule has 2 aliphatic heterocycles. The van der Waals surface area contributed by atoms with Gasteiger partial charge in [-0.25, -0.2) is 0 Å². The van der Waals surface area contributed by atoms with E-state index in [1.165, 1.54) is 4.90 Å². The maximum Gasteiger partial charge on any atom is 0.265 e. The Hall–Kier alpha value is -3.39. The second kappa shape index (κ2) is 10.7. The number of nitrogens with zero attached hydrogens (tertiary/aromatic N) is 1. The van der Waals surface area contributed by atoms with E-state index in [0.29, 0.717) is 35.9 Å². The fraction of sp³-hybridized carbons (Fsp3) is 0.423. The van der Waals surface area contributed by atoms with E-state index >= 15 is 0 Å². The van der Waals surface area contributed by atoms with Gasteiger partial charge in [0.25, 0.3) is 5.91 Å². The molecule has 0 spiro atoms. The molecule has 2 heterocycles. The van der Waals surface area contributed by atoms with Crippen LogP contribution in [0.3, 0.4) is 0 Å². The van der Waals surface area contributed by atoms with Crippen LogP contribution in [0.2, 0.25) is 0 Å². The van der Waals surface area contributed by atoms with Gasteiger partial charge in [0.15, 0.2) is 19.0 Å². The summed E-state index contributed by atoms with van der Waals surface area (Å²) in [4.78, 5) is 39.3. The Balaban J connectivity index is 1.44. The molecule has 2 aromatic rings. The number of benzene rings is 2. The number of rotatable bonds is 9. The van der Waals surface area contributed by atoms with Crippen molar-refractivity contribution in [1.29, 1.82) is 0 Å². The number of ketones is 1. The third kappa shape index (κ3) is 5.56. The second-order valence-electron chi connectivity index (χ2n) is 8.79. The molecule has 1 atom stereocenters. The molecule has 180 valence electrons. The van der Waals surface area contributed by atoms with Gasteiger partial charge in [0.1, 0.15) is 18.0 Å². The van der Waals surface area contributed by atoms with Crippen LogP contribution in [0.5, 0.6) is 11.5 Å². The summed E-state index contributed by atoms with van der Waals surface area (Å²) >= 11 is 0. The Morgan fingerprint density at radius 3 is 2.79 bits per heavy atom. The summed E-state index contributed by atoms with van der Waals surface area (Å²) < 4.78 is 16.8. The molecule has 4 rings (SSSR count). The molecule has 1 saturated heterocycles. The minimum atomic E-state index is -0.341. The van der Waals surface area contributed by atoms with Crippen LogP contribution in [-0.2, 0) is 14.3 Å². The van der Waals surface area contributed by atoms with Crippen molar-refractivity contribution < 1.29 is 28.6 Å². The first-order chi connectivity index (χ1) is 16.4. The van der Waals surface area contributed by atoms with Gasteiger partial charge in [-0.15, -0.1) is 0 Å². The molecule has 0 saturated carbocycles. The number of ether oxygens (including phenoxy) is 3. The van der Waals surface area contributed by atoms with Gasteiger partial charge in [-0.3, -0.25) is 19.3 Å². The molecule has 0 radical (unpaired) electrons. The molecular formula is C26H30N2O6. The van der Waals surface area contributed by atoms with E-state index in [1.807, 2.05) is 24.3 Å². The minimum absolute atomic E-state index is 0.0154. The standard InChI is InChI=1S/C26H30N2O6/c1-17(2)20-7-3-4-8-23(20)33-15-22(29)18-9-10-24-21(12-18)28(26(31)16-34-24)14-25(30)27-13-19-6-5-11-32-19/h3-4,7-10,12,17,19H,5-6,11,13-16H2,1-2H3,(H,27,30)/t19-/m1/s1. The number of hydrogen-bond donors (Lipinski definition) is 1. The van der Waals surface area contributed by atoms with E-state index in [2.05, 4.69) is 19.2 Å². The first-order valence-electron chi connectivity index (χ1n) is 11.6. The zero-order chi connectivity index (χ0) is 24.1. The van der Waals surface area contributed by atoms with Crippen molar-refractivity contribution in [3.8, 4) is 11.5 Å². The third-order valence-electron chi connectivity index (χ3n) is 5.98. The van der Waals surface area contributed by atoms with E-state index in [1.54, 1.807) is 18.2 Å². The largest absolute Gasteiger partial charge is 0.485 e. The smallest absolute Gasteiger partial charge is 0.265 e. The number of amides is 2. The van der Waals surface area contributed by atoms with Crippen LogP contribution in [0.4, 0.5) is 5.69 Å². The SMILES string of the molecule is CC(C)c1ccccc1OCC(=O)c1ccc2c(c1)N(CC(=O)NC[C@H]1CCCO1)C(=O)CO2. The summed E-state index contributed by atoms with van der Waals surface area (Å²) in [7, 11) is 0. The summed E-state index contributed by atoms with van der Waals surface area (Å²) in [5.74, 6) is 0.523. The number of nitrogens with one attached hydrogen (secondary N) is 1. The maximum atomic E-state index is 12.9. The molecule has 0 aromatic heterocycles. The predicted octanol–water partition coefficient (Wildman–Crippen LogP) is 3.09. The summed E-state index contributed by atoms with van der Waals surface area (Å²) in [6.45, 7) is 4.80. The summed E-state index contributed by atoms with van der Waals surface area (Å²) in [5.41, 5.74) is 1.81. The molecule has 8 heteroatoms. The highest BCUT2D eigenvalue weighted by molar-refractivity contribution is 6.04. The zero-order valence-corrected chi connectivity index (χ0v) is 19.5. The van der Waals surface area contributed by atoms with Gasteiger partial charge in [-0.05, 0) is 48.6 Å². The molecule has 1 fully saturated rings. The van der Waals surface area contributed by atoms with Crippen LogP contribution in [0.15, 0.2) is 42.5 Å². The van der Waals surface area contributed by atoms with Crippen LogP contribution in [-0.4, -0.2) is 56.6 Å². The van der Waals surface area contributed by atoms with Gasteiger partial charge in [0.05, 0.1) is 11.8 Å². The highest BCUT2D eigenvalue weighted by atomic mass is 16.5. The molecule has 0 unspecified atom stereocenters. The molecule has 0 aliphatic carbocycles. The van der Waals surface area contributed by atoms with E-state index in [4.69, 9.17) is 14.2 Å². The van der Waals surface area contributed by atoms with Crippen LogP contribution in [0, 0.1) is 0 Å². The van der Waals surface area contributed by atoms with Gasteiger partial charge in [0.2, 0.25) is 5.91 Å². The molecule has 2 amide bonds. The highest BCUT2D eigenvalue weighted by Gasteiger charge is 2.29. The first-order valence-corrected chi connectivity index (χ1v) is 11.6. The van der Waals surface area contributed by atoms with Crippen molar-refractivity contribution in [3.05, 3.63) is 53.6 Å². The van der Waals surface area contributed by atoms with E-state index < -0.39 is 0 Å². The van der Waals surface area contributed by atoms with Gasteiger partial charge in [-0.2, -0.15) is 0 Å². The fourth-order valence-corrected chi connectivity index (χ4v) is 4.10. The van der Waals surface area contributed by atoms with E-state index in [0.717, 1.165) is 18.4 Å². The first kappa shape index (κ1) is 23.8. The number of carbonyl (C=O) groups excluding carboxylic acids is 3. The van der Waals surface area contributed by atoms with Gasteiger partial charge in [-0.1, -0.05) is 32.0 Å². The monoisotopic (exact) mass is 466 g/mol. The lowest BCUT2D eigenvalue weighted by Gasteiger charge is -2.29. The van der Waals surface area contributed by atoms with Crippen molar-refractivity contribution in [2.75, 3.05) is 37.8 Å². The lowest BCUT2D eigenvalue weighted by molar-refractivity contribution is -0.125. The fourth-order valence-electron chi connectivity index (χ4n) is 4.10. The predicted molar refractivity (Wildman–Crippen MR) is 127 cm³/mol. The molecule has 2 aliphatic rings. The summed E-state index contributed by atoms with van der Waals surface area (Å²) in [6, 6.07) is 12.5. The molecule has 2 aromatic carbocycles. The van der Waals surface area contributed by atoms with Gasteiger partial charge >= 0.3 is 0 Å². The quantitative estimate of drug-likeness (QED) is 0.571. The number of hydrogen-bond acceptors (Lipinski definition) is 6. The molecular weight excluding hydrogens is 436 g/mol.